The first-order valence-electron chi connectivity index (χ1n) is 7.71. The van der Waals surface area contributed by atoms with Gasteiger partial charge in [0.05, 0.1) is 23.4 Å². The molecule has 1 aliphatic carbocycles. The van der Waals surface area contributed by atoms with Gasteiger partial charge in [-0.1, -0.05) is 0 Å². The van der Waals surface area contributed by atoms with Crippen molar-refractivity contribution in [2.75, 3.05) is 5.32 Å². The van der Waals surface area contributed by atoms with Crippen LogP contribution < -0.4 is 5.32 Å². The van der Waals surface area contributed by atoms with Crippen LogP contribution in [0.4, 0.5) is 10.8 Å². The number of nitro groups is 1. The number of nitrogens with zero attached hydrogens (tertiary/aromatic N) is 4. The Morgan fingerprint density at radius 1 is 1.52 bits per heavy atom. The zero-order chi connectivity index (χ0) is 18.0. The molecule has 0 aliphatic heterocycles. The van der Waals surface area contributed by atoms with Gasteiger partial charge < -0.3 is 15.4 Å². The Morgan fingerprint density at radius 3 is 2.96 bits per heavy atom. The molecule has 25 heavy (non-hydrogen) atoms. The fourth-order valence-electron chi connectivity index (χ4n) is 2.80. The fourth-order valence-corrected chi connectivity index (χ4v) is 4.52. The molecule has 1 amide bonds. The number of fused-ring (bicyclic) bond motifs is 1. The number of rotatable bonds is 5. The number of anilines is 1. The molecule has 0 spiro atoms. The molecule has 130 valence electrons. The van der Waals surface area contributed by atoms with Gasteiger partial charge in [-0.05, 0) is 52.1 Å². The molecule has 1 N–H and O–H groups in total. The summed E-state index contributed by atoms with van der Waals surface area (Å²) in [5, 5.41) is 27.4. The van der Waals surface area contributed by atoms with E-state index in [2.05, 4.69) is 32.4 Å². The zero-order valence-corrected chi connectivity index (χ0v) is 15.5. The second-order valence-electron chi connectivity index (χ2n) is 5.65. The molecule has 0 aromatic carbocycles. The predicted molar refractivity (Wildman–Crippen MR) is 95.5 cm³/mol. The van der Waals surface area contributed by atoms with Crippen LogP contribution >= 0.6 is 27.3 Å². The normalized spacial score (nSPS) is 13.1. The van der Waals surface area contributed by atoms with Gasteiger partial charge in [0.2, 0.25) is 5.91 Å². The van der Waals surface area contributed by atoms with Crippen molar-refractivity contribution in [3.8, 4) is 6.07 Å². The number of hydrogen-bond acceptors (Lipinski definition) is 6. The van der Waals surface area contributed by atoms with E-state index in [0.717, 1.165) is 31.2 Å². The van der Waals surface area contributed by atoms with Gasteiger partial charge in [0.15, 0.2) is 0 Å². The first kappa shape index (κ1) is 17.6. The third-order valence-corrected chi connectivity index (χ3v) is 5.74. The molecule has 0 saturated heterocycles. The lowest BCUT2D eigenvalue weighted by molar-refractivity contribution is -0.390. The summed E-state index contributed by atoms with van der Waals surface area (Å²) in [5.74, 6) is -0.525. The first-order chi connectivity index (χ1) is 12.0. The summed E-state index contributed by atoms with van der Waals surface area (Å²) < 4.78 is 1.63. The van der Waals surface area contributed by atoms with Crippen LogP contribution in [0.25, 0.3) is 0 Å². The van der Waals surface area contributed by atoms with Crippen molar-refractivity contribution in [2.45, 2.75) is 38.6 Å². The van der Waals surface area contributed by atoms with Gasteiger partial charge >= 0.3 is 5.82 Å². The Labute approximate surface area is 155 Å². The lowest BCUT2D eigenvalue weighted by Crippen LogP contribution is -2.14. The largest absolute Gasteiger partial charge is 0.404 e. The monoisotopic (exact) mass is 423 g/mol. The molecule has 2 aromatic heterocycles. The van der Waals surface area contributed by atoms with Crippen LogP contribution in [0.1, 0.15) is 35.3 Å². The molecular formula is C15H14BrN5O3S. The molecule has 2 heterocycles. The summed E-state index contributed by atoms with van der Waals surface area (Å²) in [4.78, 5) is 23.6. The maximum Gasteiger partial charge on any atom is 0.404 e. The van der Waals surface area contributed by atoms with E-state index in [4.69, 9.17) is 0 Å². The van der Waals surface area contributed by atoms with E-state index in [1.54, 1.807) is 0 Å². The van der Waals surface area contributed by atoms with Gasteiger partial charge in [0.25, 0.3) is 0 Å². The number of carbonyl (C=O) groups excluding carboxylic acids is 1. The summed E-state index contributed by atoms with van der Waals surface area (Å²) in [7, 11) is 0. The molecule has 2 aromatic rings. The highest BCUT2D eigenvalue weighted by Gasteiger charge is 2.22. The van der Waals surface area contributed by atoms with E-state index in [9.17, 15) is 20.2 Å². The van der Waals surface area contributed by atoms with Crippen LogP contribution in [0.3, 0.4) is 0 Å². The van der Waals surface area contributed by atoms with Crippen molar-refractivity contribution in [3.05, 3.63) is 36.8 Å². The van der Waals surface area contributed by atoms with E-state index >= 15 is 0 Å². The summed E-state index contributed by atoms with van der Waals surface area (Å²) >= 11 is 4.54. The van der Waals surface area contributed by atoms with E-state index in [0.29, 0.717) is 10.6 Å². The van der Waals surface area contributed by atoms with Crippen molar-refractivity contribution in [1.29, 1.82) is 5.26 Å². The van der Waals surface area contributed by atoms with Crippen molar-refractivity contribution in [2.24, 2.45) is 0 Å². The van der Waals surface area contributed by atoms with Gasteiger partial charge in [-0.3, -0.25) is 4.79 Å². The van der Waals surface area contributed by atoms with Crippen LogP contribution in [0.15, 0.2) is 10.7 Å². The summed E-state index contributed by atoms with van der Waals surface area (Å²) in [6.07, 6.45) is 5.59. The Morgan fingerprint density at radius 2 is 2.28 bits per heavy atom. The van der Waals surface area contributed by atoms with Gasteiger partial charge in [-0.15, -0.1) is 11.3 Å². The third kappa shape index (κ3) is 3.72. The molecule has 3 rings (SSSR count). The number of hydrogen-bond donors (Lipinski definition) is 1. The summed E-state index contributed by atoms with van der Waals surface area (Å²) in [6, 6.07) is 2.20. The van der Waals surface area contributed by atoms with Crippen molar-refractivity contribution in [3.63, 3.8) is 0 Å². The molecule has 0 atom stereocenters. The van der Waals surface area contributed by atoms with Crippen molar-refractivity contribution < 1.29 is 9.72 Å². The highest BCUT2D eigenvalue weighted by molar-refractivity contribution is 9.10. The number of nitriles is 1. The first-order valence-corrected chi connectivity index (χ1v) is 9.32. The molecule has 10 heteroatoms. The predicted octanol–water partition coefficient (Wildman–Crippen LogP) is 3.39. The molecule has 0 fully saturated rings. The molecule has 0 radical (unpaired) electrons. The topological polar surface area (TPSA) is 114 Å². The summed E-state index contributed by atoms with van der Waals surface area (Å²) in [6.45, 7) is 0.214. The number of amides is 1. The minimum Gasteiger partial charge on any atom is -0.358 e. The number of thiophene rings is 1. The third-order valence-electron chi connectivity index (χ3n) is 3.98. The van der Waals surface area contributed by atoms with Crippen molar-refractivity contribution >= 4 is 44.0 Å². The van der Waals surface area contributed by atoms with Crippen LogP contribution in [0, 0.1) is 21.4 Å². The van der Waals surface area contributed by atoms with Crippen molar-refractivity contribution in [1.82, 2.24) is 9.78 Å². The molecule has 0 bridgehead atoms. The van der Waals surface area contributed by atoms with Crippen LogP contribution in [0.5, 0.6) is 0 Å². The second-order valence-corrected chi connectivity index (χ2v) is 7.61. The SMILES string of the molecule is N#Cc1c(NC(=O)CCn2cc(Br)c([N+](=O)[O-])n2)sc2c1CCCC2. The minimum atomic E-state index is -0.587. The average Bonchev–Trinajstić information content (AvgIpc) is 3.12. The Bertz CT molecular complexity index is 883. The number of halogens is 1. The molecule has 0 unspecified atom stereocenters. The molecule has 8 nitrogen and oxygen atoms in total. The van der Waals surface area contributed by atoms with Crippen LogP contribution in [-0.4, -0.2) is 20.6 Å². The Balaban J connectivity index is 1.65. The van der Waals surface area contributed by atoms with E-state index < -0.39 is 4.92 Å². The smallest absolute Gasteiger partial charge is 0.358 e. The highest BCUT2D eigenvalue weighted by Crippen LogP contribution is 2.37. The number of nitrogens with one attached hydrogen (secondary N) is 1. The van der Waals surface area contributed by atoms with E-state index in [-0.39, 0.29) is 29.2 Å². The Hall–Kier alpha value is -2.25. The maximum absolute atomic E-state index is 12.2. The van der Waals surface area contributed by atoms with Crippen LogP contribution in [-0.2, 0) is 24.2 Å². The van der Waals surface area contributed by atoms with Gasteiger partial charge in [-0.25, -0.2) is 0 Å². The second kappa shape index (κ2) is 7.33. The fraction of sp³-hybridized carbons (Fsp3) is 0.400. The number of carbonyl (C=O) groups is 1. The highest BCUT2D eigenvalue weighted by atomic mass is 79.9. The van der Waals surface area contributed by atoms with Gasteiger partial charge in [0.1, 0.15) is 15.5 Å². The van der Waals surface area contributed by atoms with Gasteiger partial charge in [0, 0.05) is 11.3 Å². The lowest BCUT2D eigenvalue weighted by Gasteiger charge is -2.09. The average molecular weight is 424 g/mol. The molecule has 1 aliphatic rings. The Kier molecular flexibility index (Phi) is 5.15. The van der Waals surface area contributed by atoms with Crippen LogP contribution in [0.2, 0.25) is 0 Å². The number of aryl methyl sites for hydroxylation is 2. The maximum atomic E-state index is 12.2. The van der Waals surface area contributed by atoms with Gasteiger partial charge in [-0.2, -0.15) is 9.94 Å². The zero-order valence-electron chi connectivity index (χ0n) is 13.1. The van der Waals surface area contributed by atoms with E-state index in [1.165, 1.54) is 27.1 Å². The quantitative estimate of drug-likeness (QED) is 0.584. The summed E-state index contributed by atoms with van der Waals surface area (Å²) in [5.41, 5.74) is 1.64. The molecule has 0 saturated carbocycles. The molecular weight excluding hydrogens is 410 g/mol. The minimum absolute atomic E-state index is 0.110. The standard InChI is InChI=1S/C15H14BrN5O3S/c16-11-8-20(19-14(11)21(23)24)6-5-13(22)18-15-10(7-17)9-3-1-2-4-12(9)25-15/h8H,1-6H2,(H,18,22). The number of aromatic nitrogens is 2. The lowest BCUT2D eigenvalue weighted by atomic mass is 9.96. The van der Waals surface area contributed by atoms with E-state index in [1.807, 2.05) is 0 Å².